The van der Waals surface area contributed by atoms with Crippen LogP contribution in [0.1, 0.15) is 41.3 Å². The first-order valence-electron chi connectivity index (χ1n) is 7.51. The van der Waals surface area contributed by atoms with E-state index in [1.54, 1.807) is 25.3 Å². The van der Waals surface area contributed by atoms with Gasteiger partial charge in [0.15, 0.2) is 11.5 Å². The number of benzene rings is 2. The van der Waals surface area contributed by atoms with Crippen molar-refractivity contribution in [3.05, 3.63) is 53.1 Å². The van der Waals surface area contributed by atoms with Crippen LogP contribution in [0.5, 0.6) is 17.2 Å². The number of methoxy groups -OCH3 is 2. The Morgan fingerprint density at radius 2 is 1.61 bits per heavy atom. The summed E-state index contributed by atoms with van der Waals surface area (Å²) in [6.45, 7) is 6.12. The molecule has 0 unspecified atom stereocenters. The molecule has 0 spiro atoms. The van der Waals surface area contributed by atoms with E-state index in [4.69, 9.17) is 14.2 Å². The lowest BCUT2D eigenvalue weighted by Gasteiger charge is -2.12. The van der Waals surface area contributed by atoms with Crippen molar-refractivity contribution in [1.29, 1.82) is 0 Å². The molecule has 0 heterocycles. The zero-order chi connectivity index (χ0) is 17.0. The van der Waals surface area contributed by atoms with Crippen molar-refractivity contribution in [2.75, 3.05) is 14.2 Å². The average molecular weight is 314 g/mol. The second kappa shape index (κ2) is 7.18. The summed E-state index contributed by atoms with van der Waals surface area (Å²) in [6, 6.07) is 10.9. The molecule has 4 heteroatoms. The van der Waals surface area contributed by atoms with E-state index in [1.807, 2.05) is 25.1 Å². The highest BCUT2D eigenvalue weighted by Crippen LogP contribution is 2.29. The van der Waals surface area contributed by atoms with Gasteiger partial charge in [-0.2, -0.15) is 0 Å². The van der Waals surface area contributed by atoms with Gasteiger partial charge in [0.25, 0.3) is 0 Å². The van der Waals surface area contributed by atoms with Gasteiger partial charge in [-0.25, -0.2) is 4.79 Å². The molecule has 0 aromatic heterocycles. The van der Waals surface area contributed by atoms with Gasteiger partial charge in [0.1, 0.15) is 5.75 Å². The van der Waals surface area contributed by atoms with E-state index in [-0.39, 0.29) is 0 Å². The van der Waals surface area contributed by atoms with Crippen LogP contribution < -0.4 is 14.2 Å². The topological polar surface area (TPSA) is 44.8 Å². The molecule has 0 aliphatic heterocycles. The van der Waals surface area contributed by atoms with Gasteiger partial charge < -0.3 is 14.2 Å². The zero-order valence-electron chi connectivity index (χ0n) is 14.2. The van der Waals surface area contributed by atoms with Gasteiger partial charge in [-0.15, -0.1) is 0 Å². The number of esters is 1. The van der Waals surface area contributed by atoms with Crippen molar-refractivity contribution >= 4 is 5.97 Å². The first-order chi connectivity index (χ1) is 11.0. The summed E-state index contributed by atoms with van der Waals surface area (Å²) in [5.41, 5.74) is 2.46. The minimum absolute atomic E-state index is 0.370. The van der Waals surface area contributed by atoms with Gasteiger partial charge >= 0.3 is 5.97 Å². The van der Waals surface area contributed by atoms with E-state index in [0.29, 0.717) is 28.7 Å². The molecule has 2 aromatic rings. The Hall–Kier alpha value is -2.49. The molecule has 2 rings (SSSR count). The molecule has 0 bridgehead atoms. The number of carbonyl (C=O) groups excluding carboxylic acids is 1. The highest BCUT2D eigenvalue weighted by Gasteiger charge is 2.14. The van der Waals surface area contributed by atoms with E-state index in [2.05, 4.69) is 13.8 Å². The third kappa shape index (κ3) is 3.83. The van der Waals surface area contributed by atoms with Crippen LogP contribution in [0, 0.1) is 6.92 Å². The average Bonchev–Trinajstić information content (AvgIpc) is 2.55. The second-order valence-electron chi connectivity index (χ2n) is 5.64. The number of aryl methyl sites for hydroxylation is 1. The van der Waals surface area contributed by atoms with Gasteiger partial charge in [-0.3, -0.25) is 0 Å². The van der Waals surface area contributed by atoms with Crippen LogP contribution in [-0.4, -0.2) is 20.2 Å². The van der Waals surface area contributed by atoms with Crippen molar-refractivity contribution in [3.63, 3.8) is 0 Å². The Labute approximate surface area is 137 Å². The quantitative estimate of drug-likeness (QED) is 0.608. The highest BCUT2D eigenvalue weighted by atomic mass is 16.5. The molecule has 0 amide bonds. The maximum absolute atomic E-state index is 12.4. The number of rotatable bonds is 5. The molecule has 2 aromatic carbocycles. The van der Waals surface area contributed by atoms with Crippen LogP contribution in [0.3, 0.4) is 0 Å². The van der Waals surface area contributed by atoms with Crippen LogP contribution in [0.2, 0.25) is 0 Å². The largest absolute Gasteiger partial charge is 0.493 e. The molecule has 0 saturated heterocycles. The Morgan fingerprint density at radius 1 is 0.913 bits per heavy atom. The number of hydrogen-bond donors (Lipinski definition) is 0. The van der Waals surface area contributed by atoms with Crippen molar-refractivity contribution in [2.24, 2.45) is 0 Å². The standard InChI is InChI=1S/C19H22O4/c1-12(2)14-7-6-13(3)17(10-14)23-19(20)15-8-9-16(21-4)18(11-15)22-5/h6-12H,1-5H3. The Kier molecular flexibility index (Phi) is 5.27. The summed E-state index contributed by atoms with van der Waals surface area (Å²) in [5, 5.41) is 0. The van der Waals surface area contributed by atoms with Crippen LogP contribution in [0.25, 0.3) is 0 Å². The lowest BCUT2D eigenvalue weighted by molar-refractivity contribution is 0.0733. The number of hydrogen-bond acceptors (Lipinski definition) is 4. The van der Waals surface area contributed by atoms with Crippen molar-refractivity contribution in [1.82, 2.24) is 0 Å². The third-order valence-corrected chi connectivity index (χ3v) is 3.70. The van der Waals surface area contributed by atoms with Crippen LogP contribution in [-0.2, 0) is 0 Å². The van der Waals surface area contributed by atoms with Gasteiger partial charge in [-0.1, -0.05) is 26.0 Å². The predicted octanol–water partition coefficient (Wildman–Crippen LogP) is 4.35. The zero-order valence-corrected chi connectivity index (χ0v) is 14.2. The summed E-state index contributed by atoms with van der Waals surface area (Å²) in [5.74, 6) is 1.59. The van der Waals surface area contributed by atoms with E-state index in [1.165, 1.54) is 7.11 Å². The predicted molar refractivity (Wildman–Crippen MR) is 89.8 cm³/mol. The van der Waals surface area contributed by atoms with E-state index in [9.17, 15) is 4.79 Å². The molecule has 4 nitrogen and oxygen atoms in total. The maximum Gasteiger partial charge on any atom is 0.343 e. The minimum Gasteiger partial charge on any atom is -0.493 e. The van der Waals surface area contributed by atoms with Gasteiger partial charge in [0, 0.05) is 0 Å². The Bertz CT molecular complexity index is 705. The summed E-state index contributed by atoms with van der Waals surface area (Å²) in [6.07, 6.45) is 0. The van der Waals surface area contributed by atoms with Crippen molar-refractivity contribution < 1.29 is 19.0 Å². The van der Waals surface area contributed by atoms with Crippen LogP contribution in [0.4, 0.5) is 0 Å². The van der Waals surface area contributed by atoms with Gasteiger partial charge in [0.2, 0.25) is 0 Å². The molecule has 0 saturated carbocycles. The summed E-state index contributed by atoms with van der Waals surface area (Å²) in [4.78, 5) is 12.4. The SMILES string of the molecule is COc1ccc(C(=O)Oc2cc(C(C)C)ccc2C)cc1OC. The Morgan fingerprint density at radius 3 is 2.22 bits per heavy atom. The fraction of sp³-hybridized carbons (Fsp3) is 0.316. The molecular formula is C19H22O4. The smallest absolute Gasteiger partial charge is 0.343 e. The van der Waals surface area contributed by atoms with Crippen molar-refractivity contribution in [3.8, 4) is 17.2 Å². The third-order valence-electron chi connectivity index (χ3n) is 3.70. The number of ether oxygens (including phenoxy) is 3. The summed E-state index contributed by atoms with van der Waals surface area (Å²) >= 11 is 0. The highest BCUT2D eigenvalue weighted by molar-refractivity contribution is 5.92. The first-order valence-corrected chi connectivity index (χ1v) is 7.51. The molecule has 0 aliphatic rings. The van der Waals surface area contributed by atoms with Crippen LogP contribution in [0.15, 0.2) is 36.4 Å². The van der Waals surface area contributed by atoms with E-state index in [0.717, 1.165) is 11.1 Å². The van der Waals surface area contributed by atoms with Crippen LogP contribution >= 0.6 is 0 Å². The van der Waals surface area contributed by atoms with Gasteiger partial charge in [0.05, 0.1) is 19.8 Å². The summed E-state index contributed by atoms with van der Waals surface area (Å²) < 4.78 is 16.0. The molecule has 0 N–H and O–H groups in total. The first kappa shape index (κ1) is 16.9. The van der Waals surface area contributed by atoms with E-state index < -0.39 is 5.97 Å². The monoisotopic (exact) mass is 314 g/mol. The lowest BCUT2D eigenvalue weighted by atomic mass is 10.0. The molecular weight excluding hydrogens is 292 g/mol. The lowest BCUT2D eigenvalue weighted by Crippen LogP contribution is -2.10. The Balaban J connectivity index is 2.27. The fourth-order valence-electron chi connectivity index (χ4n) is 2.21. The number of carbonyl (C=O) groups is 1. The molecule has 0 atom stereocenters. The van der Waals surface area contributed by atoms with Crippen molar-refractivity contribution in [2.45, 2.75) is 26.7 Å². The molecule has 23 heavy (non-hydrogen) atoms. The summed E-state index contributed by atoms with van der Waals surface area (Å²) in [7, 11) is 3.08. The second-order valence-corrected chi connectivity index (χ2v) is 5.64. The van der Waals surface area contributed by atoms with E-state index >= 15 is 0 Å². The normalized spacial score (nSPS) is 10.5. The fourth-order valence-corrected chi connectivity index (χ4v) is 2.21. The maximum atomic E-state index is 12.4. The molecule has 0 aliphatic carbocycles. The molecule has 0 fully saturated rings. The molecule has 122 valence electrons. The van der Waals surface area contributed by atoms with Gasteiger partial charge in [-0.05, 0) is 48.2 Å². The minimum atomic E-state index is -0.421. The molecule has 0 radical (unpaired) electrons.